The molecule has 82 valence electrons. The van der Waals surface area contributed by atoms with Crippen LogP contribution in [0.3, 0.4) is 0 Å². The maximum absolute atomic E-state index is 5.77. The minimum atomic E-state index is 0.495. The molecule has 0 heterocycles. The molecule has 0 saturated carbocycles. The van der Waals surface area contributed by atoms with Crippen LogP contribution in [-0.4, -0.2) is 13.2 Å². The minimum absolute atomic E-state index is 0.495. The van der Waals surface area contributed by atoms with E-state index in [1.165, 1.54) is 5.54 Å². The second-order valence-electron chi connectivity index (χ2n) is 2.84. The van der Waals surface area contributed by atoms with E-state index < -0.39 is 0 Å². The van der Waals surface area contributed by atoms with Crippen LogP contribution in [0, 0.1) is 0 Å². The van der Waals surface area contributed by atoms with Gasteiger partial charge in [-0.3, -0.25) is 0 Å². The molecule has 1 aromatic carbocycles. The molecule has 1 aromatic rings. The van der Waals surface area contributed by atoms with Gasteiger partial charge in [-0.1, -0.05) is 35.3 Å². The van der Waals surface area contributed by atoms with E-state index in [0.29, 0.717) is 18.2 Å². The molecule has 1 rings (SSSR count). The van der Waals surface area contributed by atoms with Crippen LogP contribution in [-0.2, 0) is 0 Å². The van der Waals surface area contributed by atoms with E-state index in [4.69, 9.17) is 27.9 Å². The molecule has 0 aliphatic heterocycles. The lowest BCUT2D eigenvalue weighted by molar-refractivity contribution is 0.342. The molecule has 0 atom stereocenters. The third-order valence-electron chi connectivity index (χ3n) is 1.75. The fraction of sp³-hybridized carbons (Fsp3) is 0.273. The van der Waals surface area contributed by atoms with Crippen molar-refractivity contribution in [2.24, 2.45) is 0 Å². The van der Waals surface area contributed by atoms with Gasteiger partial charge in [0.15, 0.2) is 0 Å². The predicted molar refractivity (Wildman–Crippen MR) is 65.9 cm³/mol. The van der Waals surface area contributed by atoms with Gasteiger partial charge in [0.1, 0.15) is 5.75 Å². The lowest BCUT2D eigenvalue weighted by Gasteiger charge is -2.11. The first kappa shape index (κ1) is 12.2. The largest absolute Gasteiger partial charge is 0.492 e. The molecule has 0 aliphatic carbocycles. The monoisotopic (exact) mass is 245 g/mol. The van der Waals surface area contributed by atoms with Gasteiger partial charge in [-0.05, 0) is 19.1 Å². The standard InChI is InChI=1S/C11H13Cl2NO/c1-2-15-11-6-4-3-5-10(11)14-8-9(13)7-12/h3-7,14H,2,8H2,1H3. The zero-order valence-corrected chi connectivity index (χ0v) is 9.98. The number of rotatable bonds is 5. The first-order valence-corrected chi connectivity index (χ1v) is 5.49. The summed E-state index contributed by atoms with van der Waals surface area (Å²) in [4.78, 5) is 0. The summed E-state index contributed by atoms with van der Waals surface area (Å²) in [5.74, 6) is 0.819. The van der Waals surface area contributed by atoms with Crippen molar-refractivity contribution in [3.8, 4) is 5.75 Å². The van der Waals surface area contributed by atoms with Crippen LogP contribution >= 0.6 is 23.2 Å². The molecule has 2 nitrogen and oxygen atoms in total. The Morgan fingerprint density at radius 1 is 1.47 bits per heavy atom. The van der Waals surface area contributed by atoms with E-state index in [1.807, 2.05) is 31.2 Å². The van der Waals surface area contributed by atoms with Crippen LogP contribution in [0.2, 0.25) is 0 Å². The van der Waals surface area contributed by atoms with Crippen molar-refractivity contribution in [2.45, 2.75) is 6.92 Å². The summed E-state index contributed by atoms with van der Waals surface area (Å²) in [7, 11) is 0. The molecule has 0 amide bonds. The van der Waals surface area contributed by atoms with Gasteiger partial charge in [0.05, 0.1) is 18.8 Å². The highest BCUT2D eigenvalue weighted by molar-refractivity contribution is 6.36. The Kier molecular flexibility index (Phi) is 5.37. The number of para-hydroxylation sites is 2. The van der Waals surface area contributed by atoms with Crippen molar-refractivity contribution in [3.05, 3.63) is 34.8 Å². The number of hydrogen-bond donors (Lipinski definition) is 1. The van der Waals surface area contributed by atoms with Gasteiger partial charge < -0.3 is 10.1 Å². The minimum Gasteiger partial charge on any atom is -0.492 e. The highest BCUT2D eigenvalue weighted by Gasteiger charge is 2.01. The summed E-state index contributed by atoms with van der Waals surface area (Å²) in [6.45, 7) is 3.08. The average molecular weight is 246 g/mol. The van der Waals surface area contributed by atoms with Crippen LogP contribution in [0.15, 0.2) is 34.8 Å². The van der Waals surface area contributed by atoms with Gasteiger partial charge in [0.25, 0.3) is 0 Å². The highest BCUT2D eigenvalue weighted by atomic mass is 35.5. The lowest BCUT2D eigenvalue weighted by Crippen LogP contribution is -2.03. The molecule has 0 aromatic heterocycles. The molecule has 1 N–H and O–H groups in total. The molecule has 0 spiro atoms. The lowest BCUT2D eigenvalue weighted by atomic mass is 10.3. The molecule has 0 bridgehead atoms. The van der Waals surface area contributed by atoms with E-state index in [9.17, 15) is 0 Å². The van der Waals surface area contributed by atoms with Crippen molar-refractivity contribution in [3.63, 3.8) is 0 Å². The molecule has 0 saturated heterocycles. The van der Waals surface area contributed by atoms with Gasteiger partial charge in [-0.2, -0.15) is 0 Å². The first-order chi connectivity index (χ1) is 7.27. The van der Waals surface area contributed by atoms with Gasteiger partial charge in [-0.15, -0.1) is 0 Å². The Morgan fingerprint density at radius 2 is 2.20 bits per heavy atom. The van der Waals surface area contributed by atoms with E-state index in [1.54, 1.807) is 0 Å². The van der Waals surface area contributed by atoms with Gasteiger partial charge in [-0.25, -0.2) is 0 Å². The Balaban J connectivity index is 2.66. The van der Waals surface area contributed by atoms with Crippen LogP contribution in [0.5, 0.6) is 5.75 Å². The number of halogens is 2. The molecule has 4 heteroatoms. The molecule has 15 heavy (non-hydrogen) atoms. The average Bonchev–Trinajstić information content (AvgIpc) is 2.28. The number of anilines is 1. The Labute approximate surface area is 99.8 Å². The zero-order valence-electron chi connectivity index (χ0n) is 8.47. The van der Waals surface area contributed by atoms with Crippen molar-refractivity contribution in [1.29, 1.82) is 0 Å². The molecular formula is C11H13Cl2NO. The maximum atomic E-state index is 5.77. The van der Waals surface area contributed by atoms with E-state index in [-0.39, 0.29) is 0 Å². The van der Waals surface area contributed by atoms with Crippen LogP contribution in [0.1, 0.15) is 6.92 Å². The third kappa shape index (κ3) is 4.02. The van der Waals surface area contributed by atoms with Gasteiger partial charge in [0, 0.05) is 10.6 Å². The maximum Gasteiger partial charge on any atom is 0.142 e. The fourth-order valence-corrected chi connectivity index (χ4v) is 1.26. The Hall–Kier alpha value is -0.860. The molecule has 0 unspecified atom stereocenters. The van der Waals surface area contributed by atoms with E-state index in [0.717, 1.165) is 11.4 Å². The van der Waals surface area contributed by atoms with Gasteiger partial charge >= 0.3 is 0 Å². The summed E-state index contributed by atoms with van der Waals surface area (Å²) >= 11 is 11.2. The smallest absolute Gasteiger partial charge is 0.142 e. The summed E-state index contributed by atoms with van der Waals surface area (Å²) in [6.07, 6.45) is 0. The van der Waals surface area contributed by atoms with Crippen molar-refractivity contribution in [1.82, 2.24) is 0 Å². The van der Waals surface area contributed by atoms with Crippen molar-refractivity contribution < 1.29 is 4.74 Å². The van der Waals surface area contributed by atoms with Crippen LogP contribution in [0.25, 0.3) is 0 Å². The summed E-state index contributed by atoms with van der Waals surface area (Å²) < 4.78 is 5.44. The summed E-state index contributed by atoms with van der Waals surface area (Å²) in [6, 6.07) is 7.70. The topological polar surface area (TPSA) is 21.3 Å². The molecule has 0 fully saturated rings. The van der Waals surface area contributed by atoms with E-state index >= 15 is 0 Å². The summed E-state index contributed by atoms with van der Waals surface area (Å²) in [5.41, 5.74) is 2.26. The highest BCUT2D eigenvalue weighted by Crippen LogP contribution is 2.24. The Bertz CT molecular complexity index is 339. The molecular weight excluding hydrogens is 233 g/mol. The van der Waals surface area contributed by atoms with Crippen LogP contribution in [0.4, 0.5) is 5.69 Å². The second-order valence-corrected chi connectivity index (χ2v) is 3.54. The van der Waals surface area contributed by atoms with Crippen molar-refractivity contribution >= 4 is 28.9 Å². The second kappa shape index (κ2) is 6.59. The number of hydrogen-bond acceptors (Lipinski definition) is 2. The van der Waals surface area contributed by atoms with E-state index in [2.05, 4.69) is 5.32 Å². The molecule has 0 aliphatic rings. The number of nitrogens with one attached hydrogen (secondary N) is 1. The first-order valence-electron chi connectivity index (χ1n) is 4.68. The quantitative estimate of drug-likeness (QED) is 0.852. The van der Waals surface area contributed by atoms with Crippen LogP contribution < -0.4 is 10.1 Å². The Morgan fingerprint density at radius 3 is 2.87 bits per heavy atom. The fourth-order valence-electron chi connectivity index (χ4n) is 1.11. The van der Waals surface area contributed by atoms with Gasteiger partial charge in [0.2, 0.25) is 0 Å². The number of ether oxygens (including phenoxy) is 1. The predicted octanol–water partition coefficient (Wildman–Crippen LogP) is 3.82. The van der Waals surface area contributed by atoms with Crippen molar-refractivity contribution in [2.75, 3.05) is 18.5 Å². The summed E-state index contributed by atoms with van der Waals surface area (Å²) in [5, 5.41) is 3.70. The third-order valence-corrected chi connectivity index (χ3v) is 2.37. The zero-order chi connectivity index (χ0) is 11.1. The normalized spacial score (nSPS) is 11.3. The molecule has 0 radical (unpaired) electrons. The SMILES string of the molecule is CCOc1ccccc1NCC(Cl)=CCl. The number of benzene rings is 1.